The summed E-state index contributed by atoms with van der Waals surface area (Å²) in [6, 6.07) is 15.1. The first-order valence-electron chi connectivity index (χ1n) is 6.09. The van der Waals surface area contributed by atoms with Gasteiger partial charge in [-0.2, -0.15) is 0 Å². The third-order valence-electron chi connectivity index (χ3n) is 2.90. The molecule has 0 amide bonds. The van der Waals surface area contributed by atoms with E-state index in [4.69, 9.17) is 17.3 Å². The Hall–Kier alpha value is -2.40. The molecule has 0 bridgehead atoms. The van der Waals surface area contributed by atoms with Crippen LogP contribution in [-0.2, 0) is 6.54 Å². The zero-order valence-corrected chi connectivity index (χ0v) is 11.3. The number of benzene rings is 2. The van der Waals surface area contributed by atoms with Crippen molar-refractivity contribution in [3.8, 4) is 11.4 Å². The van der Waals surface area contributed by atoms with E-state index in [2.05, 4.69) is 15.5 Å². The first-order chi connectivity index (χ1) is 9.72. The molecule has 0 unspecified atom stereocenters. The number of aromatic nitrogens is 4. The van der Waals surface area contributed by atoms with Crippen molar-refractivity contribution in [2.45, 2.75) is 6.54 Å². The highest BCUT2D eigenvalue weighted by Gasteiger charge is 2.09. The SMILES string of the molecule is Nc1cccc(-c2nnnn2Cc2cccc(Cl)c2)c1. The molecular weight excluding hydrogens is 274 g/mol. The molecule has 0 aliphatic heterocycles. The van der Waals surface area contributed by atoms with E-state index >= 15 is 0 Å². The average Bonchev–Trinajstić information content (AvgIpc) is 2.87. The van der Waals surface area contributed by atoms with Crippen molar-refractivity contribution in [2.75, 3.05) is 5.73 Å². The van der Waals surface area contributed by atoms with Crippen molar-refractivity contribution < 1.29 is 0 Å². The van der Waals surface area contributed by atoms with Gasteiger partial charge in [-0.05, 0) is 40.3 Å². The third kappa shape index (κ3) is 2.62. The summed E-state index contributed by atoms with van der Waals surface area (Å²) >= 11 is 5.99. The Morgan fingerprint density at radius 2 is 1.95 bits per heavy atom. The lowest BCUT2D eigenvalue weighted by atomic mass is 10.2. The van der Waals surface area contributed by atoms with Crippen LogP contribution in [0.4, 0.5) is 5.69 Å². The molecule has 100 valence electrons. The van der Waals surface area contributed by atoms with Gasteiger partial charge in [-0.1, -0.05) is 35.9 Å². The molecule has 3 rings (SSSR count). The summed E-state index contributed by atoms with van der Waals surface area (Å²) < 4.78 is 1.72. The first kappa shape index (κ1) is 12.6. The molecule has 0 atom stereocenters. The predicted octanol–water partition coefficient (Wildman–Crippen LogP) is 2.62. The summed E-state index contributed by atoms with van der Waals surface area (Å²) in [4.78, 5) is 0. The van der Waals surface area contributed by atoms with Gasteiger partial charge in [-0.15, -0.1) is 5.10 Å². The molecule has 1 aromatic heterocycles. The topological polar surface area (TPSA) is 69.6 Å². The second-order valence-corrected chi connectivity index (χ2v) is 4.85. The van der Waals surface area contributed by atoms with E-state index in [1.165, 1.54) is 0 Å². The van der Waals surface area contributed by atoms with Crippen molar-refractivity contribution in [3.05, 3.63) is 59.1 Å². The highest BCUT2D eigenvalue weighted by Crippen LogP contribution is 2.19. The van der Waals surface area contributed by atoms with E-state index in [0.717, 1.165) is 11.1 Å². The lowest BCUT2D eigenvalue weighted by molar-refractivity contribution is 0.653. The number of tetrazole rings is 1. The van der Waals surface area contributed by atoms with Gasteiger partial charge < -0.3 is 5.73 Å². The summed E-state index contributed by atoms with van der Waals surface area (Å²) in [6.45, 7) is 0.553. The first-order valence-corrected chi connectivity index (χ1v) is 6.47. The Bertz CT molecular complexity index is 738. The van der Waals surface area contributed by atoms with Crippen LogP contribution >= 0.6 is 11.6 Å². The Morgan fingerprint density at radius 1 is 1.10 bits per heavy atom. The van der Waals surface area contributed by atoms with E-state index in [0.29, 0.717) is 23.1 Å². The zero-order chi connectivity index (χ0) is 13.9. The van der Waals surface area contributed by atoms with Crippen LogP contribution in [0.2, 0.25) is 5.02 Å². The van der Waals surface area contributed by atoms with Crippen LogP contribution in [0.25, 0.3) is 11.4 Å². The van der Waals surface area contributed by atoms with Crippen molar-refractivity contribution in [1.82, 2.24) is 20.2 Å². The Labute approximate surface area is 121 Å². The average molecular weight is 286 g/mol. The predicted molar refractivity (Wildman–Crippen MR) is 78.2 cm³/mol. The van der Waals surface area contributed by atoms with Gasteiger partial charge in [0.2, 0.25) is 0 Å². The molecule has 0 radical (unpaired) electrons. The molecule has 20 heavy (non-hydrogen) atoms. The van der Waals surface area contributed by atoms with Gasteiger partial charge in [0.15, 0.2) is 5.82 Å². The van der Waals surface area contributed by atoms with Gasteiger partial charge in [0, 0.05) is 16.3 Å². The molecular formula is C14H12ClN5. The van der Waals surface area contributed by atoms with Crippen LogP contribution in [-0.4, -0.2) is 20.2 Å². The van der Waals surface area contributed by atoms with Crippen LogP contribution in [0.3, 0.4) is 0 Å². The van der Waals surface area contributed by atoms with E-state index in [9.17, 15) is 0 Å². The molecule has 5 nitrogen and oxygen atoms in total. The molecule has 2 N–H and O–H groups in total. The molecule has 0 fully saturated rings. The number of nitrogens with zero attached hydrogens (tertiary/aromatic N) is 4. The fourth-order valence-corrected chi connectivity index (χ4v) is 2.22. The fourth-order valence-electron chi connectivity index (χ4n) is 2.00. The highest BCUT2D eigenvalue weighted by molar-refractivity contribution is 6.30. The third-order valence-corrected chi connectivity index (χ3v) is 3.13. The minimum atomic E-state index is 0.553. The number of rotatable bonds is 3. The summed E-state index contributed by atoms with van der Waals surface area (Å²) in [5.74, 6) is 0.678. The van der Waals surface area contributed by atoms with Crippen LogP contribution < -0.4 is 5.73 Å². The monoisotopic (exact) mass is 285 g/mol. The Morgan fingerprint density at radius 3 is 2.75 bits per heavy atom. The summed E-state index contributed by atoms with van der Waals surface area (Å²) in [5, 5.41) is 12.5. The van der Waals surface area contributed by atoms with E-state index < -0.39 is 0 Å². The summed E-state index contributed by atoms with van der Waals surface area (Å²) in [6.07, 6.45) is 0. The molecule has 0 aliphatic carbocycles. The minimum Gasteiger partial charge on any atom is -0.399 e. The smallest absolute Gasteiger partial charge is 0.182 e. The van der Waals surface area contributed by atoms with Crippen LogP contribution in [0, 0.1) is 0 Å². The number of anilines is 1. The van der Waals surface area contributed by atoms with Crippen LogP contribution in [0.15, 0.2) is 48.5 Å². The molecule has 0 saturated heterocycles. The van der Waals surface area contributed by atoms with Gasteiger partial charge in [0.25, 0.3) is 0 Å². The van der Waals surface area contributed by atoms with Crippen molar-refractivity contribution in [3.63, 3.8) is 0 Å². The van der Waals surface area contributed by atoms with Crippen LogP contribution in [0.5, 0.6) is 0 Å². The molecule has 6 heteroatoms. The van der Waals surface area contributed by atoms with E-state index in [-0.39, 0.29) is 0 Å². The molecule has 0 saturated carbocycles. The quantitative estimate of drug-likeness (QED) is 0.751. The number of hydrogen-bond donors (Lipinski definition) is 1. The molecule has 3 aromatic rings. The number of nitrogens with two attached hydrogens (primary N) is 1. The second kappa shape index (κ2) is 5.30. The van der Waals surface area contributed by atoms with Gasteiger partial charge in [0.05, 0.1) is 6.54 Å². The van der Waals surface area contributed by atoms with Crippen molar-refractivity contribution in [2.24, 2.45) is 0 Å². The highest BCUT2D eigenvalue weighted by atomic mass is 35.5. The number of halogens is 1. The summed E-state index contributed by atoms with van der Waals surface area (Å²) in [7, 11) is 0. The largest absolute Gasteiger partial charge is 0.399 e. The minimum absolute atomic E-state index is 0.553. The zero-order valence-electron chi connectivity index (χ0n) is 10.6. The van der Waals surface area contributed by atoms with Gasteiger partial charge in [0.1, 0.15) is 0 Å². The van der Waals surface area contributed by atoms with Crippen LogP contribution in [0.1, 0.15) is 5.56 Å². The molecule has 2 aromatic carbocycles. The Kier molecular flexibility index (Phi) is 3.35. The maximum absolute atomic E-state index is 5.99. The van der Waals surface area contributed by atoms with Gasteiger partial charge in [-0.25, -0.2) is 4.68 Å². The maximum atomic E-state index is 5.99. The van der Waals surface area contributed by atoms with Crippen molar-refractivity contribution in [1.29, 1.82) is 0 Å². The Balaban J connectivity index is 1.94. The normalized spacial score (nSPS) is 10.7. The number of hydrogen-bond acceptors (Lipinski definition) is 4. The van der Waals surface area contributed by atoms with Crippen molar-refractivity contribution >= 4 is 17.3 Å². The lowest BCUT2D eigenvalue weighted by Gasteiger charge is -2.06. The van der Waals surface area contributed by atoms with Gasteiger partial charge in [-0.3, -0.25) is 0 Å². The van der Waals surface area contributed by atoms with E-state index in [1.54, 1.807) is 4.68 Å². The molecule has 1 heterocycles. The molecule has 0 spiro atoms. The standard InChI is InChI=1S/C14H12ClN5/c15-12-5-1-3-10(7-12)9-20-14(17-18-19-20)11-4-2-6-13(16)8-11/h1-8H,9,16H2. The maximum Gasteiger partial charge on any atom is 0.182 e. The molecule has 0 aliphatic rings. The summed E-state index contributed by atoms with van der Waals surface area (Å²) in [5.41, 5.74) is 8.40. The van der Waals surface area contributed by atoms with Gasteiger partial charge >= 0.3 is 0 Å². The van der Waals surface area contributed by atoms with E-state index in [1.807, 2.05) is 48.5 Å². The lowest BCUT2D eigenvalue weighted by Crippen LogP contribution is -2.04. The number of nitrogen functional groups attached to an aromatic ring is 1. The fraction of sp³-hybridized carbons (Fsp3) is 0.0714. The second-order valence-electron chi connectivity index (χ2n) is 4.42.